The molecule has 3 atom stereocenters. The molecule has 9 heteroatoms. The molecule has 3 N–H and O–H groups in total. The molecule has 1 heterocycles. The predicted octanol–water partition coefficient (Wildman–Crippen LogP) is 7.32. The minimum atomic E-state index is -0.875. The number of aromatic carboxylic acids is 2. The van der Waals surface area contributed by atoms with E-state index >= 15 is 0 Å². The Morgan fingerprint density at radius 1 is 0.818 bits per heavy atom. The van der Waals surface area contributed by atoms with Crippen LogP contribution >= 0.6 is 0 Å². The van der Waals surface area contributed by atoms with E-state index in [9.17, 15) is 14.4 Å². The topological polar surface area (TPSA) is 154 Å². The van der Waals surface area contributed by atoms with Crippen molar-refractivity contribution < 1.29 is 39.2 Å². The van der Waals surface area contributed by atoms with Crippen LogP contribution in [0, 0.1) is 38.0 Å². The van der Waals surface area contributed by atoms with Gasteiger partial charge in [-0.3, -0.25) is 0 Å². The third-order valence-corrected chi connectivity index (χ3v) is 6.35. The van der Waals surface area contributed by atoms with Gasteiger partial charge in [0.15, 0.2) is 0 Å². The van der Waals surface area contributed by atoms with E-state index in [-0.39, 0.29) is 24.2 Å². The number of hydrogen-bond donors (Lipinski definition) is 3. The lowest BCUT2D eigenvalue weighted by atomic mass is 9.97. The molecule has 0 aromatic heterocycles. The first-order valence-electron chi connectivity index (χ1n) is 14.2. The second kappa shape index (κ2) is 19.3. The number of benzene rings is 3. The van der Waals surface area contributed by atoms with E-state index < -0.39 is 24.0 Å². The Labute approximate surface area is 259 Å². The van der Waals surface area contributed by atoms with E-state index in [4.69, 9.17) is 30.1 Å². The number of aliphatic hydroxyl groups excluding tert-OH is 1. The van der Waals surface area contributed by atoms with Crippen LogP contribution in [0.5, 0.6) is 0 Å². The van der Waals surface area contributed by atoms with Gasteiger partial charge in [-0.2, -0.15) is 5.26 Å². The molecule has 0 radical (unpaired) electrons. The van der Waals surface area contributed by atoms with Crippen LogP contribution in [0.4, 0.5) is 0 Å². The van der Waals surface area contributed by atoms with Gasteiger partial charge in [0.25, 0.3) is 0 Å². The summed E-state index contributed by atoms with van der Waals surface area (Å²) in [6.07, 6.45) is 0.739. The van der Waals surface area contributed by atoms with Crippen LogP contribution in [0.2, 0.25) is 0 Å². The number of nitriles is 1. The van der Waals surface area contributed by atoms with Gasteiger partial charge in [-0.25, -0.2) is 14.4 Å². The summed E-state index contributed by atoms with van der Waals surface area (Å²) in [4.78, 5) is 32.6. The fourth-order valence-corrected chi connectivity index (χ4v) is 3.92. The van der Waals surface area contributed by atoms with Crippen molar-refractivity contribution in [2.45, 2.75) is 60.2 Å². The van der Waals surface area contributed by atoms with Crippen molar-refractivity contribution in [3.63, 3.8) is 0 Å². The average molecular weight is 604 g/mol. The molecule has 0 aliphatic carbocycles. The third kappa shape index (κ3) is 12.5. The first kappa shape index (κ1) is 37.1. The number of aliphatic hydroxyl groups is 1. The molecule has 0 saturated carbocycles. The first-order chi connectivity index (χ1) is 20.9. The highest BCUT2D eigenvalue weighted by Crippen LogP contribution is 2.30. The number of carboxylic acids is 2. The maximum atomic E-state index is 11.9. The number of esters is 1. The van der Waals surface area contributed by atoms with Crippen LogP contribution in [0.25, 0.3) is 0 Å². The van der Waals surface area contributed by atoms with Gasteiger partial charge in [0.2, 0.25) is 0 Å². The lowest BCUT2D eigenvalue weighted by Gasteiger charge is -2.14. The van der Waals surface area contributed by atoms with Gasteiger partial charge in [0, 0.05) is 0 Å². The van der Waals surface area contributed by atoms with Crippen LogP contribution < -0.4 is 0 Å². The summed E-state index contributed by atoms with van der Waals surface area (Å²) in [5.74, 6) is -2.06. The second-order valence-corrected chi connectivity index (χ2v) is 9.89. The van der Waals surface area contributed by atoms with Crippen LogP contribution in [0.1, 0.15) is 75.0 Å². The number of carboxylic acid groups (broad SMARTS) is 2. The summed E-state index contributed by atoms with van der Waals surface area (Å²) < 4.78 is 11.0. The van der Waals surface area contributed by atoms with Crippen LogP contribution in [-0.2, 0) is 9.47 Å². The smallest absolute Gasteiger partial charge is 0.338 e. The molecule has 1 saturated heterocycles. The quantitative estimate of drug-likeness (QED) is 0.149. The minimum absolute atomic E-state index is 0.0844. The lowest BCUT2D eigenvalue weighted by molar-refractivity contribution is -0.000146. The zero-order valence-corrected chi connectivity index (χ0v) is 26.0. The Morgan fingerprint density at radius 2 is 1.20 bits per heavy atom. The largest absolute Gasteiger partial charge is 0.514 e. The van der Waals surface area contributed by atoms with Crippen molar-refractivity contribution in [1.29, 1.82) is 5.26 Å². The summed E-state index contributed by atoms with van der Waals surface area (Å²) in [5.41, 5.74) is 4.60. The molecular weight excluding hydrogens is 562 g/mol. The Bertz CT molecular complexity index is 1350. The summed E-state index contributed by atoms with van der Waals surface area (Å²) in [6, 6.07) is 22.6. The Hall–Kier alpha value is -4.94. The van der Waals surface area contributed by atoms with E-state index in [1.807, 2.05) is 59.7 Å². The number of carbonyl (C=O) groups excluding carboxylic acids is 1. The predicted molar refractivity (Wildman–Crippen MR) is 168 cm³/mol. The number of carbonyl (C=O) groups is 3. The minimum Gasteiger partial charge on any atom is -0.514 e. The monoisotopic (exact) mass is 603 g/mol. The van der Waals surface area contributed by atoms with E-state index in [1.54, 1.807) is 60.7 Å². The zero-order valence-electron chi connectivity index (χ0n) is 26.0. The molecule has 234 valence electrons. The maximum absolute atomic E-state index is 11.9. The van der Waals surface area contributed by atoms with E-state index in [2.05, 4.69) is 0 Å². The molecule has 4 rings (SSSR count). The summed E-state index contributed by atoms with van der Waals surface area (Å²) in [6.45, 7) is 11.9. The molecule has 0 bridgehead atoms. The normalized spacial score (nSPS) is 16.8. The molecule has 1 aliphatic heterocycles. The van der Waals surface area contributed by atoms with Gasteiger partial charge in [-0.1, -0.05) is 73.9 Å². The summed E-state index contributed by atoms with van der Waals surface area (Å²) in [5, 5.41) is 34.9. The van der Waals surface area contributed by atoms with E-state index in [1.165, 1.54) is 0 Å². The lowest BCUT2D eigenvalue weighted by Crippen LogP contribution is -2.21. The second-order valence-electron chi connectivity index (χ2n) is 9.89. The fourth-order valence-electron chi connectivity index (χ4n) is 3.92. The highest BCUT2D eigenvalue weighted by atomic mass is 16.6. The van der Waals surface area contributed by atoms with Crippen LogP contribution in [-0.4, -0.2) is 52.0 Å². The van der Waals surface area contributed by atoms with Gasteiger partial charge < -0.3 is 24.8 Å². The standard InChI is InChI=1S/C17H19NO4.2C8H8O2.C2H6/c1-11-3-5-13(6-4-11)17(20)21-10-15-7-12(2)16(22-15)14(8-18)9-19;2*1-6-2-4-7(5-3-6)8(9)10;1-2/h3-6,9,12,15-16,19H,7,10H2,1-2H3;2*2-5H,1H3,(H,9,10);1-2H3/b14-9+;;;/t12?,15-,16-;;;/m0.../s1. The average Bonchev–Trinajstić information content (AvgIpc) is 3.39. The Balaban J connectivity index is 0.000000365. The SMILES string of the molecule is CC.Cc1ccc(C(=O)O)cc1.Cc1ccc(C(=O)O)cc1.Cc1ccc(C(=O)OC[C@@H]2CC(C)[C@@H](/C(C#N)=C/O)O2)cc1. The van der Waals surface area contributed by atoms with Crippen molar-refractivity contribution in [2.75, 3.05) is 6.61 Å². The highest BCUT2D eigenvalue weighted by Gasteiger charge is 2.35. The fraction of sp³-hybridized carbons (Fsp3) is 0.314. The number of rotatable bonds is 6. The Morgan fingerprint density at radius 3 is 1.55 bits per heavy atom. The number of ether oxygens (including phenoxy) is 2. The molecule has 0 spiro atoms. The van der Waals surface area contributed by atoms with E-state index in [0.717, 1.165) is 23.0 Å². The number of aryl methyl sites for hydroxylation is 3. The third-order valence-electron chi connectivity index (χ3n) is 6.35. The van der Waals surface area contributed by atoms with Crippen molar-refractivity contribution in [1.82, 2.24) is 0 Å². The number of nitrogens with zero attached hydrogens (tertiary/aromatic N) is 1. The van der Waals surface area contributed by atoms with Crippen molar-refractivity contribution in [3.05, 3.63) is 118 Å². The van der Waals surface area contributed by atoms with Crippen LogP contribution in [0.15, 0.2) is 84.6 Å². The molecule has 3 aromatic carbocycles. The van der Waals surface area contributed by atoms with E-state index in [0.29, 0.717) is 23.1 Å². The first-order valence-corrected chi connectivity index (χ1v) is 14.2. The molecule has 44 heavy (non-hydrogen) atoms. The maximum Gasteiger partial charge on any atom is 0.338 e. The molecule has 1 aliphatic rings. The molecule has 1 fully saturated rings. The molecule has 1 unspecified atom stereocenters. The summed E-state index contributed by atoms with van der Waals surface area (Å²) in [7, 11) is 0. The van der Waals surface area contributed by atoms with Gasteiger partial charge in [0.1, 0.15) is 12.7 Å². The highest BCUT2D eigenvalue weighted by molar-refractivity contribution is 5.89. The molecular formula is C35H41NO8. The molecule has 9 nitrogen and oxygen atoms in total. The molecule has 0 amide bonds. The van der Waals surface area contributed by atoms with Crippen molar-refractivity contribution in [3.8, 4) is 6.07 Å². The summed E-state index contributed by atoms with van der Waals surface area (Å²) >= 11 is 0. The van der Waals surface area contributed by atoms with Crippen molar-refractivity contribution in [2.24, 2.45) is 5.92 Å². The van der Waals surface area contributed by atoms with Crippen molar-refractivity contribution >= 4 is 17.9 Å². The van der Waals surface area contributed by atoms with Crippen LogP contribution in [0.3, 0.4) is 0 Å². The van der Waals surface area contributed by atoms with Gasteiger partial charge in [0.05, 0.1) is 40.7 Å². The van der Waals surface area contributed by atoms with Gasteiger partial charge in [-0.15, -0.1) is 0 Å². The van der Waals surface area contributed by atoms with Gasteiger partial charge in [-0.05, 0) is 69.5 Å². The zero-order chi connectivity index (χ0) is 33.2. The number of hydrogen-bond acceptors (Lipinski definition) is 7. The van der Waals surface area contributed by atoms with Gasteiger partial charge >= 0.3 is 17.9 Å². The molecule has 3 aromatic rings. The Kier molecular flexibility index (Phi) is 16.3.